The van der Waals surface area contributed by atoms with Gasteiger partial charge < -0.3 is 29.3 Å². The minimum atomic E-state index is -0.919. The summed E-state index contributed by atoms with van der Waals surface area (Å²) in [6, 6.07) is 0. The van der Waals surface area contributed by atoms with E-state index >= 15 is 0 Å². The maximum Gasteiger partial charge on any atom is 2.00 e. The summed E-state index contributed by atoms with van der Waals surface area (Å²) in [7, 11) is 0. The zero-order chi connectivity index (χ0) is 53.1. The van der Waals surface area contributed by atoms with Gasteiger partial charge in [0, 0.05) is 24.8 Å². The number of hydrogen-bond donors (Lipinski definition) is 0. The number of unbranched alkanes of at least 4 members (excludes halogenated alkanes) is 44. The second-order valence-electron chi connectivity index (χ2n) is 22.2. The molecule has 2 atom stereocenters. The first-order valence-corrected chi connectivity index (χ1v) is 31.9. The van der Waals surface area contributed by atoms with Gasteiger partial charge in [0.25, 0.3) is 0 Å². The van der Waals surface area contributed by atoms with Crippen LogP contribution in [0.15, 0.2) is 0 Å². The molecule has 9 heteroatoms. The van der Waals surface area contributed by atoms with Crippen molar-refractivity contribution in [3.63, 3.8) is 0 Å². The Bertz CT molecular complexity index is 1050. The molecule has 0 spiro atoms. The standard InChI is InChI=1S/2C32H62O4.Zn/c2*1-3-4-5-6-7-8-12-17-20-23-26-29-32(35)36-30(2)27-24-21-18-15-13-10-9-11-14-16-19-22-25-28-31(33)34;/h2*30H,3-29H2,1-2H3,(H,33,34);/q;;+2/p-2. The van der Waals surface area contributed by atoms with Crippen LogP contribution in [0.25, 0.3) is 0 Å². The van der Waals surface area contributed by atoms with Crippen molar-refractivity contribution in [2.45, 2.75) is 387 Å². The summed E-state index contributed by atoms with van der Waals surface area (Å²) in [6.07, 6.45) is 63.9. The molecule has 0 amide bonds. The molecule has 2 unspecified atom stereocenters. The van der Waals surface area contributed by atoms with Crippen molar-refractivity contribution in [1.82, 2.24) is 0 Å². The van der Waals surface area contributed by atoms with Crippen molar-refractivity contribution in [2.24, 2.45) is 0 Å². The molecule has 0 bridgehead atoms. The number of hydrogen-bond acceptors (Lipinski definition) is 8. The molecule has 73 heavy (non-hydrogen) atoms. The van der Waals surface area contributed by atoms with Crippen LogP contribution in [0.1, 0.15) is 374 Å². The summed E-state index contributed by atoms with van der Waals surface area (Å²) in [5, 5.41) is 20.7. The van der Waals surface area contributed by atoms with Crippen molar-refractivity contribution >= 4 is 23.9 Å². The topological polar surface area (TPSA) is 133 Å². The third-order valence-corrected chi connectivity index (χ3v) is 14.6. The van der Waals surface area contributed by atoms with Crippen LogP contribution in [-0.4, -0.2) is 36.1 Å². The van der Waals surface area contributed by atoms with Crippen LogP contribution in [0.5, 0.6) is 0 Å². The Labute approximate surface area is 466 Å². The Balaban J connectivity index is -0.00000132. The maximum absolute atomic E-state index is 12.0. The predicted molar refractivity (Wildman–Crippen MR) is 302 cm³/mol. The molecule has 0 aliphatic carbocycles. The Kier molecular flexibility index (Phi) is 67.2. The van der Waals surface area contributed by atoms with Gasteiger partial charge in [-0.05, 0) is 78.1 Å². The molecular formula is C64H122O8Zn. The van der Waals surface area contributed by atoms with E-state index in [1.165, 1.54) is 231 Å². The molecular weight excluding hydrogens is 962 g/mol. The Morgan fingerprint density at radius 1 is 0.274 bits per heavy atom. The van der Waals surface area contributed by atoms with E-state index < -0.39 is 11.9 Å². The average Bonchev–Trinajstić information content (AvgIpc) is 3.34. The zero-order valence-corrected chi connectivity index (χ0v) is 52.3. The van der Waals surface area contributed by atoms with Crippen molar-refractivity contribution < 1.29 is 58.3 Å². The summed E-state index contributed by atoms with van der Waals surface area (Å²) >= 11 is 0. The summed E-state index contributed by atoms with van der Waals surface area (Å²) in [5.74, 6) is -1.84. The molecule has 0 aliphatic rings. The Morgan fingerprint density at radius 2 is 0.438 bits per heavy atom. The van der Waals surface area contributed by atoms with E-state index in [2.05, 4.69) is 13.8 Å². The number of esters is 2. The molecule has 0 N–H and O–H groups in total. The first-order valence-electron chi connectivity index (χ1n) is 31.9. The second-order valence-corrected chi connectivity index (χ2v) is 22.2. The van der Waals surface area contributed by atoms with E-state index in [0.717, 1.165) is 89.9 Å². The second kappa shape index (κ2) is 64.8. The minimum absolute atomic E-state index is 0. The van der Waals surface area contributed by atoms with E-state index in [4.69, 9.17) is 9.47 Å². The molecule has 0 aromatic carbocycles. The smallest absolute Gasteiger partial charge is 0.550 e. The maximum atomic E-state index is 12.0. The molecule has 0 saturated carbocycles. The fraction of sp³-hybridized carbons (Fsp3) is 0.938. The van der Waals surface area contributed by atoms with Crippen LogP contribution in [0.3, 0.4) is 0 Å². The van der Waals surface area contributed by atoms with Gasteiger partial charge in [-0.3, -0.25) is 9.59 Å². The van der Waals surface area contributed by atoms with Crippen LogP contribution in [-0.2, 0) is 48.1 Å². The zero-order valence-electron chi connectivity index (χ0n) is 49.3. The largest absolute Gasteiger partial charge is 2.00 e. The number of carboxylic acids is 2. The van der Waals surface area contributed by atoms with Crippen molar-refractivity contribution in [2.75, 3.05) is 0 Å². The fourth-order valence-electron chi connectivity index (χ4n) is 9.84. The quantitative estimate of drug-likeness (QED) is 0.0334. The Hall–Kier alpha value is -1.50. The first-order chi connectivity index (χ1) is 35.1. The monoisotopic (exact) mass is 1080 g/mol. The fourth-order valence-corrected chi connectivity index (χ4v) is 9.84. The third kappa shape index (κ3) is 70.5. The minimum Gasteiger partial charge on any atom is -0.550 e. The predicted octanol–water partition coefficient (Wildman–Crippen LogP) is 18.4. The molecule has 0 heterocycles. The van der Waals surface area contributed by atoms with Crippen LogP contribution >= 0.6 is 0 Å². The summed E-state index contributed by atoms with van der Waals surface area (Å²) in [4.78, 5) is 44.8. The number of carbonyl (C=O) groups is 4. The van der Waals surface area contributed by atoms with Crippen molar-refractivity contribution in [3.05, 3.63) is 0 Å². The van der Waals surface area contributed by atoms with E-state index in [-0.39, 0.29) is 56.5 Å². The molecule has 0 saturated heterocycles. The van der Waals surface area contributed by atoms with Crippen LogP contribution < -0.4 is 10.2 Å². The van der Waals surface area contributed by atoms with Gasteiger partial charge in [0.2, 0.25) is 0 Å². The molecule has 0 rings (SSSR count). The summed E-state index contributed by atoms with van der Waals surface area (Å²) in [5.41, 5.74) is 0. The normalized spacial score (nSPS) is 11.9. The van der Waals surface area contributed by atoms with Gasteiger partial charge in [-0.1, -0.05) is 284 Å². The van der Waals surface area contributed by atoms with Gasteiger partial charge in [-0.2, -0.15) is 0 Å². The molecule has 8 nitrogen and oxygen atoms in total. The molecule has 0 aromatic heterocycles. The number of carbonyl (C=O) groups excluding carboxylic acids is 4. The SMILES string of the molecule is CCCCCCCCCCCCCC(=O)OC(C)CCCCCCCCCCCCCCCC(=O)[O-].CCCCCCCCCCCCCC(=O)OC(C)CCCCCCCCCCCCCCCC(=O)[O-].[Zn+2]. The molecule has 0 aliphatic heterocycles. The van der Waals surface area contributed by atoms with Crippen LogP contribution in [0, 0.1) is 0 Å². The average molecular weight is 1090 g/mol. The van der Waals surface area contributed by atoms with Crippen LogP contribution in [0.4, 0.5) is 0 Å². The van der Waals surface area contributed by atoms with E-state index in [0.29, 0.717) is 12.8 Å². The van der Waals surface area contributed by atoms with Gasteiger partial charge in [0.1, 0.15) is 0 Å². The third-order valence-electron chi connectivity index (χ3n) is 14.6. The van der Waals surface area contributed by atoms with Crippen molar-refractivity contribution in [1.29, 1.82) is 0 Å². The van der Waals surface area contributed by atoms with Crippen LogP contribution in [0.2, 0.25) is 0 Å². The number of aliphatic carboxylic acids is 2. The van der Waals surface area contributed by atoms with Gasteiger partial charge in [-0.15, -0.1) is 0 Å². The number of ether oxygens (including phenoxy) is 2. The van der Waals surface area contributed by atoms with Gasteiger partial charge in [-0.25, -0.2) is 0 Å². The number of rotatable bonds is 58. The Morgan fingerprint density at radius 3 is 0.630 bits per heavy atom. The first kappa shape index (κ1) is 75.7. The molecule has 0 aromatic rings. The van der Waals surface area contributed by atoms with Crippen molar-refractivity contribution in [3.8, 4) is 0 Å². The van der Waals surface area contributed by atoms with Gasteiger partial charge >= 0.3 is 31.4 Å². The molecule has 428 valence electrons. The summed E-state index contributed by atoms with van der Waals surface area (Å²) in [6.45, 7) is 8.62. The van der Waals surface area contributed by atoms with E-state index in [1.54, 1.807) is 0 Å². The van der Waals surface area contributed by atoms with Gasteiger partial charge in [0.05, 0.1) is 12.2 Å². The van der Waals surface area contributed by atoms with Gasteiger partial charge in [0.15, 0.2) is 0 Å². The summed E-state index contributed by atoms with van der Waals surface area (Å²) < 4.78 is 11.2. The van der Waals surface area contributed by atoms with E-state index in [1.807, 2.05) is 13.8 Å². The molecule has 0 fully saturated rings. The number of carboxylic acid groups (broad SMARTS) is 2. The van der Waals surface area contributed by atoms with E-state index in [9.17, 15) is 29.4 Å². The molecule has 0 radical (unpaired) electrons.